The molecule has 1 heterocycles. The molecule has 134 valence electrons. The number of carbonyl (C=O) groups is 4. The fourth-order valence-electron chi connectivity index (χ4n) is 4.92. The summed E-state index contributed by atoms with van der Waals surface area (Å²) in [7, 11) is 0. The van der Waals surface area contributed by atoms with Crippen LogP contribution >= 0.6 is 0 Å². The lowest BCUT2D eigenvalue weighted by atomic mass is 9.40. The molecule has 0 N–H and O–H groups in total. The predicted octanol–water partition coefficient (Wildman–Crippen LogP) is 2.07. The highest BCUT2D eigenvalue weighted by molar-refractivity contribution is 6.42. The zero-order chi connectivity index (χ0) is 18.8. The lowest BCUT2D eigenvalue weighted by Gasteiger charge is -2.54. The Kier molecular flexibility index (Phi) is 3.12. The van der Waals surface area contributed by atoms with Gasteiger partial charge in [0, 0.05) is 18.8 Å². The van der Waals surface area contributed by atoms with E-state index in [9.17, 15) is 19.2 Å². The lowest BCUT2D eigenvalue weighted by Crippen LogP contribution is -2.67. The van der Waals surface area contributed by atoms with E-state index in [2.05, 4.69) is 4.90 Å². The Balaban J connectivity index is 1.64. The van der Waals surface area contributed by atoms with Crippen molar-refractivity contribution in [1.82, 2.24) is 0 Å². The van der Waals surface area contributed by atoms with Crippen molar-refractivity contribution in [2.75, 3.05) is 18.0 Å². The molecule has 0 radical (unpaired) electrons. The van der Waals surface area contributed by atoms with E-state index < -0.39 is 34.0 Å². The van der Waals surface area contributed by atoms with Crippen LogP contribution in [0.2, 0.25) is 0 Å². The minimum absolute atomic E-state index is 0.459. The van der Waals surface area contributed by atoms with Crippen LogP contribution in [0, 0.1) is 10.8 Å². The Bertz CT molecular complexity index is 965. The topological polar surface area (TPSA) is 71.5 Å². The molecule has 0 amide bonds. The average Bonchev–Trinajstić information content (AvgIpc) is 3.18. The van der Waals surface area contributed by atoms with E-state index in [4.69, 9.17) is 0 Å². The van der Waals surface area contributed by atoms with Gasteiger partial charge >= 0.3 is 0 Å². The van der Waals surface area contributed by atoms with E-state index in [1.807, 2.05) is 24.3 Å². The summed E-state index contributed by atoms with van der Waals surface area (Å²) in [5.41, 5.74) is -1.19. The summed E-state index contributed by atoms with van der Waals surface area (Å²) in [6.45, 7) is 2.04. The number of hydrogen-bond donors (Lipinski definition) is 0. The fraction of sp³-hybridized carbons (Fsp3) is 0.273. The minimum Gasteiger partial charge on any atom is -0.372 e. The van der Waals surface area contributed by atoms with Crippen LogP contribution in [-0.4, -0.2) is 36.2 Å². The molecule has 5 nitrogen and oxygen atoms in total. The molecule has 0 spiro atoms. The van der Waals surface area contributed by atoms with Gasteiger partial charge in [0.15, 0.2) is 23.1 Å². The number of allylic oxidation sites excluding steroid dienone is 6. The van der Waals surface area contributed by atoms with E-state index in [-0.39, 0.29) is 0 Å². The molecule has 3 aliphatic carbocycles. The maximum Gasteiger partial charge on any atom is 0.175 e. The number of nitrogens with zero attached hydrogens (tertiary/aromatic N) is 1. The molecular weight excluding hydrogens is 342 g/mol. The van der Waals surface area contributed by atoms with Gasteiger partial charge in [0.25, 0.3) is 0 Å². The summed E-state index contributed by atoms with van der Waals surface area (Å²) in [5.74, 6) is -1.98. The Morgan fingerprint density at radius 1 is 0.704 bits per heavy atom. The van der Waals surface area contributed by atoms with Crippen molar-refractivity contribution in [2.45, 2.75) is 12.8 Å². The molecule has 0 atom stereocenters. The molecule has 0 unspecified atom stereocenters. The molecule has 1 aromatic carbocycles. The molecule has 1 saturated heterocycles. The van der Waals surface area contributed by atoms with E-state index in [0.717, 1.165) is 43.1 Å². The van der Waals surface area contributed by atoms with Crippen LogP contribution in [0.25, 0.3) is 5.57 Å². The third kappa shape index (κ3) is 1.74. The van der Waals surface area contributed by atoms with Gasteiger partial charge in [-0.15, -0.1) is 0 Å². The molecule has 0 saturated carbocycles. The van der Waals surface area contributed by atoms with Crippen LogP contribution in [0.1, 0.15) is 18.4 Å². The largest absolute Gasteiger partial charge is 0.372 e. The Labute approximate surface area is 156 Å². The van der Waals surface area contributed by atoms with Crippen LogP contribution in [0.15, 0.2) is 54.6 Å². The van der Waals surface area contributed by atoms with E-state index in [0.29, 0.717) is 11.1 Å². The van der Waals surface area contributed by atoms with Gasteiger partial charge in [-0.25, -0.2) is 0 Å². The number of anilines is 1. The SMILES string of the molecule is O=C1C=CC(=O)C23C(=O)C=CC(=O)C12C=C3c1ccc(N2CCCC2)cc1. The second-order valence-corrected chi connectivity index (χ2v) is 7.48. The Morgan fingerprint density at radius 3 is 1.78 bits per heavy atom. The van der Waals surface area contributed by atoms with Crippen molar-refractivity contribution in [3.63, 3.8) is 0 Å². The number of carbonyl (C=O) groups excluding carboxylic acids is 4. The highest BCUT2D eigenvalue weighted by Gasteiger charge is 2.75. The van der Waals surface area contributed by atoms with E-state index >= 15 is 0 Å². The van der Waals surface area contributed by atoms with E-state index in [1.54, 1.807) is 0 Å². The third-order valence-corrected chi connectivity index (χ3v) is 6.29. The first-order valence-electron chi connectivity index (χ1n) is 9.14. The average molecular weight is 359 g/mol. The summed E-state index contributed by atoms with van der Waals surface area (Å²) in [5, 5.41) is 0. The van der Waals surface area contributed by atoms with Crippen LogP contribution < -0.4 is 4.90 Å². The second-order valence-electron chi connectivity index (χ2n) is 7.48. The smallest absolute Gasteiger partial charge is 0.175 e. The minimum atomic E-state index is -1.74. The van der Waals surface area contributed by atoms with Gasteiger partial charge in [-0.2, -0.15) is 0 Å². The van der Waals surface area contributed by atoms with Gasteiger partial charge in [0.2, 0.25) is 0 Å². The van der Waals surface area contributed by atoms with Gasteiger partial charge < -0.3 is 4.90 Å². The van der Waals surface area contributed by atoms with Crippen molar-refractivity contribution >= 4 is 34.4 Å². The summed E-state index contributed by atoms with van der Waals surface area (Å²) in [6, 6.07) is 7.66. The number of benzene rings is 1. The van der Waals surface area contributed by atoms with Gasteiger partial charge in [-0.3, -0.25) is 19.2 Å². The van der Waals surface area contributed by atoms with Gasteiger partial charge in [0.05, 0.1) is 0 Å². The quantitative estimate of drug-likeness (QED) is 0.756. The zero-order valence-corrected chi connectivity index (χ0v) is 14.6. The van der Waals surface area contributed by atoms with Crippen LogP contribution in [0.5, 0.6) is 0 Å². The third-order valence-electron chi connectivity index (χ3n) is 6.29. The molecule has 0 aromatic heterocycles. The van der Waals surface area contributed by atoms with Gasteiger partial charge in [-0.05, 0) is 60.4 Å². The molecule has 4 aliphatic rings. The molecule has 27 heavy (non-hydrogen) atoms. The van der Waals surface area contributed by atoms with Crippen molar-refractivity contribution in [1.29, 1.82) is 0 Å². The number of rotatable bonds is 2. The first-order valence-corrected chi connectivity index (χ1v) is 9.14. The van der Waals surface area contributed by atoms with Crippen LogP contribution in [-0.2, 0) is 19.2 Å². The van der Waals surface area contributed by atoms with Crippen molar-refractivity contribution in [2.24, 2.45) is 10.8 Å². The summed E-state index contributed by atoms with van der Waals surface area (Å²) < 4.78 is 0. The highest BCUT2D eigenvalue weighted by atomic mass is 16.2. The lowest BCUT2D eigenvalue weighted by molar-refractivity contribution is -0.154. The number of hydrogen-bond acceptors (Lipinski definition) is 5. The normalized spacial score (nSPS) is 31.6. The highest BCUT2D eigenvalue weighted by Crippen LogP contribution is 2.64. The van der Waals surface area contributed by atoms with Crippen LogP contribution in [0.3, 0.4) is 0 Å². The number of ketones is 4. The monoisotopic (exact) mass is 359 g/mol. The molecule has 0 bridgehead atoms. The Hall–Kier alpha value is -3.08. The fourth-order valence-corrected chi connectivity index (χ4v) is 4.92. The maximum absolute atomic E-state index is 12.9. The molecule has 1 fully saturated rings. The first-order chi connectivity index (χ1) is 13.0. The summed E-state index contributed by atoms with van der Waals surface area (Å²) in [4.78, 5) is 53.3. The molecule has 5 heteroatoms. The van der Waals surface area contributed by atoms with Gasteiger partial charge in [-0.1, -0.05) is 18.2 Å². The van der Waals surface area contributed by atoms with Crippen molar-refractivity contribution in [3.8, 4) is 0 Å². The summed E-state index contributed by atoms with van der Waals surface area (Å²) in [6.07, 6.45) is 8.37. The Morgan fingerprint density at radius 2 is 1.22 bits per heavy atom. The van der Waals surface area contributed by atoms with Gasteiger partial charge in [0.1, 0.15) is 10.8 Å². The van der Waals surface area contributed by atoms with Crippen LogP contribution in [0.4, 0.5) is 5.69 Å². The molecule has 5 rings (SSSR count). The molecule has 1 aliphatic heterocycles. The standard InChI is InChI=1S/C22H17NO4/c24-17-7-9-19(26)22-16(13-21(17,22)18(25)8-10-20(22)27)14-3-5-15(6-4-14)23-11-1-2-12-23/h3-10,13H,1-2,11-12H2. The van der Waals surface area contributed by atoms with Crippen molar-refractivity contribution < 1.29 is 19.2 Å². The predicted molar refractivity (Wildman–Crippen MR) is 99.0 cm³/mol. The summed E-state index contributed by atoms with van der Waals surface area (Å²) >= 11 is 0. The zero-order valence-electron chi connectivity index (χ0n) is 14.6. The molecule has 1 aromatic rings. The second kappa shape index (κ2) is 5.22. The molecular formula is C22H17NO4. The van der Waals surface area contributed by atoms with E-state index in [1.165, 1.54) is 18.9 Å². The maximum atomic E-state index is 12.9. The first kappa shape index (κ1) is 16.1. The van der Waals surface area contributed by atoms with Crippen molar-refractivity contribution in [3.05, 3.63) is 60.2 Å².